The number of nitrogens with one attached hydrogen (secondary N) is 2. The van der Waals surface area contributed by atoms with Crippen LogP contribution >= 0.6 is 12.2 Å². The second-order valence-corrected chi connectivity index (χ2v) is 4.79. The number of hydrogen-bond donors (Lipinski definition) is 2. The van der Waals surface area contributed by atoms with Crippen LogP contribution in [0.3, 0.4) is 0 Å². The number of thiocarbonyl (C=S) groups is 1. The molecule has 0 atom stereocenters. The zero-order valence-electron chi connectivity index (χ0n) is 12.6. The molecule has 0 amide bonds. The molecule has 0 aliphatic heterocycles. The first-order valence-corrected chi connectivity index (χ1v) is 7.48. The van der Waals surface area contributed by atoms with E-state index in [-0.39, 0.29) is 5.69 Å². The fourth-order valence-corrected chi connectivity index (χ4v) is 2.05. The van der Waals surface area contributed by atoms with Crippen LogP contribution < -0.4 is 15.4 Å². The van der Waals surface area contributed by atoms with E-state index < -0.39 is 0 Å². The number of hydrogen-bond acceptors (Lipinski definition) is 6. The lowest BCUT2D eigenvalue weighted by atomic mass is 10.2. The summed E-state index contributed by atoms with van der Waals surface area (Å²) in [5.74, 6) is 1.11. The van der Waals surface area contributed by atoms with Crippen LogP contribution in [0, 0.1) is 11.3 Å². The molecule has 0 fully saturated rings. The summed E-state index contributed by atoms with van der Waals surface area (Å²) in [7, 11) is 0. The molecular weight excluding hydrogens is 312 g/mol. The van der Waals surface area contributed by atoms with Crippen LogP contribution in [0.2, 0.25) is 0 Å². The second kappa shape index (κ2) is 8.60. The average Bonchev–Trinajstić information content (AvgIpc) is 2.57. The molecule has 0 unspecified atom stereocenters. The Morgan fingerprint density at radius 1 is 1.30 bits per heavy atom. The van der Waals surface area contributed by atoms with E-state index in [1.165, 1.54) is 12.4 Å². The maximum Gasteiger partial charge on any atom is 0.183 e. The maximum absolute atomic E-state index is 8.96. The van der Waals surface area contributed by atoms with Crippen molar-refractivity contribution < 1.29 is 4.74 Å². The molecular formula is C15H16N6OS. The van der Waals surface area contributed by atoms with Gasteiger partial charge in [0.15, 0.2) is 16.6 Å². The number of nitriles is 1. The third-order valence-corrected chi connectivity index (χ3v) is 3.08. The molecule has 2 aromatic rings. The summed E-state index contributed by atoms with van der Waals surface area (Å²) in [4.78, 5) is 12.3. The van der Waals surface area contributed by atoms with Gasteiger partial charge < -0.3 is 15.4 Å². The van der Waals surface area contributed by atoms with E-state index in [0.29, 0.717) is 30.5 Å². The van der Waals surface area contributed by atoms with Gasteiger partial charge in [0.05, 0.1) is 12.3 Å². The van der Waals surface area contributed by atoms with Crippen molar-refractivity contribution in [2.45, 2.75) is 13.3 Å². The van der Waals surface area contributed by atoms with Crippen molar-refractivity contribution in [3.63, 3.8) is 0 Å². The van der Waals surface area contributed by atoms with Gasteiger partial charge >= 0.3 is 0 Å². The Hall–Kier alpha value is -2.79. The monoisotopic (exact) mass is 328 g/mol. The first-order valence-electron chi connectivity index (χ1n) is 7.07. The summed E-state index contributed by atoms with van der Waals surface area (Å²) >= 11 is 5.19. The molecule has 118 valence electrons. The molecule has 0 bridgehead atoms. The Labute approximate surface area is 139 Å². The Balaban J connectivity index is 1.87. The van der Waals surface area contributed by atoms with Gasteiger partial charge in [0.1, 0.15) is 11.8 Å². The van der Waals surface area contributed by atoms with Gasteiger partial charge in [-0.2, -0.15) is 5.26 Å². The van der Waals surface area contributed by atoms with Crippen molar-refractivity contribution in [1.29, 1.82) is 5.26 Å². The Morgan fingerprint density at radius 2 is 2.13 bits per heavy atom. The zero-order valence-corrected chi connectivity index (χ0v) is 13.4. The van der Waals surface area contributed by atoms with Crippen molar-refractivity contribution in [2.24, 2.45) is 0 Å². The standard InChI is InChI=1S/C15H16N6OS/c1-2-22-13-4-3-6-17-11(13)5-7-20-15(23)21-14-12(10-16)18-8-9-19-14/h3-4,6,8-9H,2,5,7H2,1H3,(H2,19,20,21,23). The largest absolute Gasteiger partial charge is 0.492 e. The van der Waals surface area contributed by atoms with E-state index in [2.05, 4.69) is 25.6 Å². The fourth-order valence-electron chi connectivity index (χ4n) is 1.86. The highest BCUT2D eigenvalue weighted by molar-refractivity contribution is 7.80. The molecule has 0 aliphatic rings. The Bertz CT molecular complexity index is 715. The van der Waals surface area contributed by atoms with E-state index in [4.69, 9.17) is 22.2 Å². The Kier molecular flexibility index (Phi) is 6.20. The quantitative estimate of drug-likeness (QED) is 0.773. The third-order valence-electron chi connectivity index (χ3n) is 2.83. The number of aromatic nitrogens is 3. The van der Waals surface area contributed by atoms with E-state index in [1.54, 1.807) is 6.20 Å². The lowest BCUT2D eigenvalue weighted by Gasteiger charge is -2.11. The molecule has 7 nitrogen and oxygen atoms in total. The van der Waals surface area contributed by atoms with Crippen molar-refractivity contribution in [3.8, 4) is 11.8 Å². The molecule has 0 aromatic carbocycles. The second-order valence-electron chi connectivity index (χ2n) is 4.38. The molecule has 0 aliphatic carbocycles. The normalized spacial score (nSPS) is 9.74. The topological polar surface area (TPSA) is 95.8 Å². The van der Waals surface area contributed by atoms with E-state index in [0.717, 1.165) is 11.4 Å². The molecule has 0 spiro atoms. The highest BCUT2D eigenvalue weighted by Crippen LogP contribution is 2.15. The van der Waals surface area contributed by atoms with Gasteiger partial charge in [-0.3, -0.25) is 4.98 Å². The van der Waals surface area contributed by atoms with E-state index >= 15 is 0 Å². The zero-order chi connectivity index (χ0) is 16.5. The van der Waals surface area contributed by atoms with Crippen LogP contribution in [-0.4, -0.2) is 33.2 Å². The summed E-state index contributed by atoms with van der Waals surface area (Å²) in [6, 6.07) is 5.68. The van der Waals surface area contributed by atoms with Crippen LogP contribution in [0.1, 0.15) is 18.3 Å². The minimum Gasteiger partial charge on any atom is -0.492 e. The van der Waals surface area contributed by atoms with Crippen molar-refractivity contribution in [2.75, 3.05) is 18.5 Å². The van der Waals surface area contributed by atoms with E-state index in [1.807, 2.05) is 25.1 Å². The number of rotatable bonds is 6. The average molecular weight is 328 g/mol. The van der Waals surface area contributed by atoms with Crippen LogP contribution in [0.25, 0.3) is 0 Å². The maximum atomic E-state index is 8.96. The van der Waals surface area contributed by atoms with Crippen molar-refractivity contribution >= 4 is 23.1 Å². The summed E-state index contributed by atoms with van der Waals surface area (Å²) in [6.45, 7) is 3.10. The van der Waals surface area contributed by atoms with Crippen LogP contribution in [0.5, 0.6) is 5.75 Å². The highest BCUT2D eigenvalue weighted by atomic mass is 32.1. The van der Waals surface area contributed by atoms with Crippen LogP contribution in [0.15, 0.2) is 30.7 Å². The van der Waals surface area contributed by atoms with Gasteiger partial charge in [-0.25, -0.2) is 9.97 Å². The minimum absolute atomic E-state index is 0.194. The number of nitrogens with zero attached hydrogens (tertiary/aromatic N) is 4. The predicted octanol–water partition coefficient (Wildman–Crippen LogP) is 1.67. The lowest BCUT2D eigenvalue weighted by molar-refractivity contribution is 0.334. The smallest absolute Gasteiger partial charge is 0.183 e. The van der Waals surface area contributed by atoms with E-state index in [9.17, 15) is 0 Å². The Morgan fingerprint density at radius 3 is 2.91 bits per heavy atom. The molecule has 0 saturated heterocycles. The van der Waals surface area contributed by atoms with Gasteiger partial charge in [0.2, 0.25) is 0 Å². The molecule has 2 heterocycles. The first-order chi connectivity index (χ1) is 11.2. The first kappa shape index (κ1) is 16.6. The summed E-state index contributed by atoms with van der Waals surface area (Å²) in [5, 5.41) is 15.2. The molecule has 2 rings (SSSR count). The van der Waals surface area contributed by atoms with Crippen LogP contribution in [0.4, 0.5) is 5.82 Å². The predicted molar refractivity (Wildman–Crippen MR) is 90.1 cm³/mol. The molecule has 8 heteroatoms. The summed E-state index contributed by atoms with van der Waals surface area (Å²) in [6.07, 6.45) is 5.33. The minimum atomic E-state index is 0.194. The number of anilines is 1. The van der Waals surface area contributed by atoms with Gasteiger partial charge in [0.25, 0.3) is 0 Å². The molecule has 0 saturated carbocycles. The summed E-state index contributed by atoms with van der Waals surface area (Å²) in [5.41, 5.74) is 1.06. The molecule has 2 aromatic heterocycles. The van der Waals surface area contributed by atoms with Gasteiger partial charge in [-0.05, 0) is 31.3 Å². The van der Waals surface area contributed by atoms with Gasteiger partial charge in [-0.1, -0.05) is 0 Å². The third kappa shape index (κ3) is 4.86. The van der Waals surface area contributed by atoms with Gasteiger partial charge in [0, 0.05) is 31.6 Å². The number of pyridine rings is 1. The van der Waals surface area contributed by atoms with Crippen molar-refractivity contribution in [1.82, 2.24) is 20.3 Å². The van der Waals surface area contributed by atoms with Gasteiger partial charge in [-0.15, -0.1) is 0 Å². The van der Waals surface area contributed by atoms with Crippen LogP contribution in [-0.2, 0) is 6.42 Å². The molecule has 2 N–H and O–H groups in total. The molecule has 0 radical (unpaired) electrons. The summed E-state index contributed by atoms with van der Waals surface area (Å²) < 4.78 is 5.53. The SMILES string of the molecule is CCOc1cccnc1CCNC(=S)Nc1nccnc1C#N. The molecule has 23 heavy (non-hydrogen) atoms. The number of ether oxygens (including phenoxy) is 1. The van der Waals surface area contributed by atoms with Crippen molar-refractivity contribution in [3.05, 3.63) is 42.1 Å². The highest BCUT2D eigenvalue weighted by Gasteiger charge is 2.07. The fraction of sp³-hybridized carbons (Fsp3) is 0.267. The lowest BCUT2D eigenvalue weighted by Crippen LogP contribution is -2.31.